The molecule has 3 aromatic carbocycles. The highest BCUT2D eigenvalue weighted by Gasteiger charge is 2.20. The Balaban J connectivity index is 1.77. The van der Waals surface area contributed by atoms with Crippen LogP contribution < -0.4 is 29.0 Å². The van der Waals surface area contributed by atoms with Gasteiger partial charge in [-0.3, -0.25) is 14.5 Å². The van der Waals surface area contributed by atoms with Crippen LogP contribution in [0.4, 0.5) is 11.4 Å². The highest BCUT2D eigenvalue weighted by Crippen LogP contribution is 2.38. The number of carbonyl (C=O) groups is 1. The van der Waals surface area contributed by atoms with E-state index in [1.165, 1.54) is 45.4 Å². The van der Waals surface area contributed by atoms with E-state index in [1.807, 2.05) is 18.2 Å². The van der Waals surface area contributed by atoms with Gasteiger partial charge in [-0.05, 0) is 59.5 Å². The Labute approximate surface area is 226 Å². The lowest BCUT2D eigenvalue weighted by Gasteiger charge is -2.17. The minimum absolute atomic E-state index is 0.0254. The molecule has 0 saturated heterocycles. The van der Waals surface area contributed by atoms with E-state index in [0.29, 0.717) is 45.6 Å². The fourth-order valence-electron chi connectivity index (χ4n) is 4.17. The zero-order valence-corrected chi connectivity index (χ0v) is 23.0. The lowest BCUT2D eigenvalue weighted by atomic mass is 10.0. The number of aromatic nitrogens is 1. The summed E-state index contributed by atoms with van der Waals surface area (Å²) in [4.78, 5) is 15.9. The molecule has 0 unspecified atom stereocenters. The molecule has 0 aliphatic heterocycles. The lowest BCUT2D eigenvalue weighted by molar-refractivity contribution is -0.114. The van der Waals surface area contributed by atoms with Crippen molar-refractivity contribution >= 4 is 38.1 Å². The minimum Gasteiger partial charge on any atom is -0.493 e. The Hall–Kier alpha value is -4.51. The van der Waals surface area contributed by atoms with E-state index in [0.717, 1.165) is 10.8 Å². The molecule has 1 aromatic heterocycles. The van der Waals surface area contributed by atoms with Crippen molar-refractivity contribution in [2.45, 2.75) is 18.2 Å². The van der Waals surface area contributed by atoms with Crippen LogP contribution >= 0.6 is 0 Å². The summed E-state index contributed by atoms with van der Waals surface area (Å²) < 4.78 is 51.2. The Bertz CT molecular complexity index is 1620. The standard InChI is InChI=1S/C28H29N3O7S/c1-17(32)30-20-6-8-21(9-7-20)39(33,34)31-23-16-28(38-5)26(36-3)14-19(23)12-24-22-15-27(37-4)25(35-2)13-18(22)10-11-29-24/h6-11,13-16,31H,12H2,1-5H3,(H,30,32). The number of amides is 1. The first-order valence-corrected chi connectivity index (χ1v) is 13.3. The van der Waals surface area contributed by atoms with Gasteiger partial charge in [0.1, 0.15) is 0 Å². The van der Waals surface area contributed by atoms with Crippen molar-refractivity contribution in [3.05, 3.63) is 72.1 Å². The molecule has 0 bridgehead atoms. The van der Waals surface area contributed by atoms with Gasteiger partial charge in [0, 0.05) is 36.7 Å². The van der Waals surface area contributed by atoms with Crippen LogP contribution in [0.25, 0.3) is 10.8 Å². The van der Waals surface area contributed by atoms with Gasteiger partial charge in [-0.1, -0.05) is 0 Å². The van der Waals surface area contributed by atoms with E-state index in [9.17, 15) is 13.2 Å². The number of ether oxygens (including phenoxy) is 4. The first kappa shape index (κ1) is 27.5. The van der Waals surface area contributed by atoms with Gasteiger partial charge in [-0.25, -0.2) is 8.42 Å². The van der Waals surface area contributed by atoms with Crippen LogP contribution in [0.1, 0.15) is 18.2 Å². The van der Waals surface area contributed by atoms with Crippen LogP contribution in [0.2, 0.25) is 0 Å². The molecule has 0 spiro atoms. The maximum atomic E-state index is 13.3. The van der Waals surface area contributed by atoms with Gasteiger partial charge in [0.2, 0.25) is 5.91 Å². The molecule has 39 heavy (non-hydrogen) atoms. The summed E-state index contributed by atoms with van der Waals surface area (Å²) in [6, 6.07) is 14.7. The number of pyridine rings is 1. The molecular weight excluding hydrogens is 522 g/mol. The summed E-state index contributed by atoms with van der Waals surface area (Å²) in [7, 11) is 2.12. The minimum atomic E-state index is -4.00. The SMILES string of the molecule is COc1cc(Cc2nccc3cc(OC)c(OC)cc23)c(NS(=O)(=O)c2ccc(NC(C)=O)cc2)cc1OC. The molecule has 0 aliphatic carbocycles. The molecule has 0 aliphatic rings. The second kappa shape index (κ2) is 11.5. The molecule has 1 amide bonds. The molecule has 10 nitrogen and oxygen atoms in total. The zero-order valence-electron chi connectivity index (χ0n) is 22.2. The summed E-state index contributed by atoms with van der Waals surface area (Å²) in [5.74, 6) is 1.69. The second-order valence-corrected chi connectivity index (χ2v) is 10.2. The van der Waals surface area contributed by atoms with Crippen molar-refractivity contribution in [1.82, 2.24) is 4.98 Å². The molecule has 4 rings (SSSR count). The summed E-state index contributed by atoms with van der Waals surface area (Å²) in [6.07, 6.45) is 1.96. The topological polar surface area (TPSA) is 125 Å². The highest BCUT2D eigenvalue weighted by atomic mass is 32.2. The normalized spacial score (nSPS) is 11.1. The molecule has 0 radical (unpaired) electrons. The fourth-order valence-corrected chi connectivity index (χ4v) is 5.26. The van der Waals surface area contributed by atoms with E-state index >= 15 is 0 Å². The van der Waals surface area contributed by atoms with E-state index in [2.05, 4.69) is 15.0 Å². The van der Waals surface area contributed by atoms with Gasteiger partial charge >= 0.3 is 0 Å². The number of rotatable bonds is 10. The molecule has 0 atom stereocenters. The third-order valence-electron chi connectivity index (χ3n) is 6.05. The number of benzene rings is 3. The average molecular weight is 552 g/mol. The predicted octanol–water partition coefficient (Wildman–Crippen LogP) is 4.62. The van der Waals surface area contributed by atoms with Gasteiger partial charge in [0.15, 0.2) is 23.0 Å². The van der Waals surface area contributed by atoms with Crippen LogP contribution in [0.3, 0.4) is 0 Å². The van der Waals surface area contributed by atoms with E-state index in [1.54, 1.807) is 32.5 Å². The summed E-state index contributed by atoms with van der Waals surface area (Å²) in [6.45, 7) is 1.38. The van der Waals surface area contributed by atoms with E-state index in [4.69, 9.17) is 18.9 Å². The van der Waals surface area contributed by atoms with Gasteiger partial charge in [0.25, 0.3) is 10.0 Å². The van der Waals surface area contributed by atoms with Crippen LogP contribution in [0.5, 0.6) is 23.0 Å². The van der Waals surface area contributed by atoms with Crippen LogP contribution in [-0.2, 0) is 21.2 Å². The maximum absolute atomic E-state index is 13.3. The summed E-state index contributed by atoms with van der Waals surface area (Å²) >= 11 is 0. The van der Waals surface area contributed by atoms with Crippen molar-refractivity contribution < 1.29 is 32.2 Å². The maximum Gasteiger partial charge on any atom is 0.261 e. The molecule has 11 heteroatoms. The number of hydrogen-bond donors (Lipinski definition) is 2. The Morgan fingerprint density at radius 1 is 0.821 bits per heavy atom. The third kappa shape index (κ3) is 5.99. The van der Waals surface area contributed by atoms with Gasteiger partial charge < -0.3 is 24.3 Å². The molecule has 2 N–H and O–H groups in total. The number of nitrogens with one attached hydrogen (secondary N) is 2. The van der Waals surface area contributed by atoms with Crippen LogP contribution in [0.15, 0.2) is 65.7 Å². The largest absolute Gasteiger partial charge is 0.493 e. The molecule has 1 heterocycles. The molecular formula is C28H29N3O7S. The third-order valence-corrected chi connectivity index (χ3v) is 7.43. The molecule has 4 aromatic rings. The molecule has 204 valence electrons. The number of carbonyl (C=O) groups excluding carboxylic acids is 1. The number of hydrogen-bond acceptors (Lipinski definition) is 8. The van der Waals surface area contributed by atoms with Crippen molar-refractivity contribution in [1.29, 1.82) is 0 Å². The first-order valence-electron chi connectivity index (χ1n) is 11.8. The monoisotopic (exact) mass is 551 g/mol. The van der Waals surface area contributed by atoms with Crippen LogP contribution in [0, 0.1) is 0 Å². The van der Waals surface area contributed by atoms with Crippen LogP contribution in [-0.4, -0.2) is 47.7 Å². The van der Waals surface area contributed by atoms with Gasteiger partial charge in [-0.2, -0.15) is 0 Å². The zero-order chi connectivity index (χ0) is 28.2. The van der Waals surface area contributed by atoms with Gasteiger partial charge in [-0.15, -0.1) is 0 Å². The quantitative estimate of drug-likeness (QED) is 0.293. The molecule has 0 saturated carbocycles. The van der Waals surface area contributed by atoms with Crippen molar-refractivity contribution in [2.75, 3.05) is 38.5 Å². The number of anilines is 2. The van der Waals surface area contributed by atoms with Crippen molar-refractivity contribution in [3.63, 3.8) is 0 Å². The summed E-state index contributed by atoms with van der Waals surface area (Å²) in [5.41, 5.74) is 2.10. The highest BCUT2D eigenvalue weighted by molar-refractivity contribution is 7.92. The number of sulfonamides is 1. The van der Waals surface area contributed by atoms with E-state index < -0.39 is 10.0 Å². The smallest absolute Gasteiger partial charge is 0.261 e. The van der Waals surface area contributed by atoms with Crippen molar-refractivity contribution in [2.24, 2.45) is 0 Å². The summed E-state index contributed by atoms with van der Waals surface area (Å²) in [5, 5.41) is 4.33. The Morgan fingerprint density at radius 3 is 2.03 bits per heavy atom. The van der Waals surface area contributed by atoms with Crippen molar-refractivity contribution in [3.8, 4) is 23.0 Å². The molecule has 0 fully saturated rings. The predicted molar refractivity (Wildman–Crippen MR) is 149 cm³/mol. The van der Waals surface area contributed by atoms with E-state index in [-0.39, 0.29) is 17.2 Å². The average Bonchev–Trinajstić information content (AvgIpc) is 2.92. The fraction of sp³-hybridized carbons (Fsp3) is 0.214. The number of fused-ring (bicyclic) bond motifs is 1. The second-order valence-electron chi connectivity index (χ2n) is 8.54. The number of nitrogens with zero attached hydrogens (tertiary/aromatic N) is 1. The first-order chi connectivity index (χ1) is 18.7. The Kier molecular flexibility index (Phi) is 8.10. The lowest BCUT2D eigenvalue weighted by Crippen LogP contribution is -2.15. The Morgan fingerprint density at radius 2 is 1.41 bits per heavy atom. The van der Waals surface area contributed by atoms with Gasteiger partial charge in [0.05, 0.1) is 44.7 Å². The number of methoxy groups -OCH3 is 4.